The number of carbonyl (C=O) groups is 2. The van der Waals surface area contributed by atoms with Gasteiger partial charge in [0.1, 0.15) is 6.04 Å². The van der Waals surface area contributed by atoms with Crippen LogP contribution in [0.15, 0.2) is 0 Å². The third-order valence-electron chi connectivity index (χ3n) is 3.27. The van der Waals surface area contributed by atoms with Gasteiger partial charge in [-0.1, -0.05) is 6.92 Å². The lowest BCUT2D eigenvalue weighted by atomic mass is 9.99. The Morgan fingerprint density at radius 3 is 2.65 bits per heavy atom. The van der Waals surface area contributed by atoms with Crippen molar-refractivity contribution in [1.29, 1.82) is 0 Å². The highest BCUT2D eigenvalue weighted by molar-refractivity contribution is 5.88. The molecule has 0 aromatic rings. The van der Waals surface area contributed by atoms with Gasteiger partial charge < -0.3 is 15.5 Å². The maximum absolute atomic E-state index is 12.2. The van der Waals surface area contributed by atoms with E-state index in [1.807, 2.05) is 14.0 Å². The molecule has 0 radical (unpaired) electrons. The number of likely N-dealkylation sites (tertiary alicyclic amines) is 1. The second-order valence-corrected chi connectivity index (χ2v) is 4.62. The minimum absolute atomic E-state index is 0.0466. The summed E-state index contributed by atoms with van der Waals surface area (Å²) in [6.45, 7) is 3.25. The first-order valence-corrected chi connectivity index (χ1v) is 6.28. The Morgan fingerprint density at radius 2 is 2.06 bits per heavy atom. The molecular formula is C12H23N3O2. The Bertz CT molecular complexity index is 281. The van der Waals surface area contributed by atoms with E-state index in [0.29, 0.717) is 13.1 Å². The molecule has 5 heteroatoms. The van der Waals surface area contributed by atoms with Gasteiger partial charge in [0, 0.05) is 26.1 Å². The van der Waals surface area contributed by atoms with Crippen LogP contribution in [0.3, 0.4) is 0 Å². The van der Waals surface area contributed by atoms with Crippen LogP contribution in [0.2, 0.25) is 0 Å². The quantitative estimate of drug-likeness (QED) is 0.726. The van der Waals surface area contributed by atoms with E-state index in [0.717, 1.165) is 19.3 Å². The van der Waals surface area contributed by atoms with Gasteiger partial charge >= 0.3 is 0 Å². The van der Waals surface area contributed by atoms with Crippen molar-refractivity contribution in [3.05, 3.63) is 0 Å². The molecule has 5 nitrogen and oxygen atoms in total. The molecule has 1 fully saturated rings. The summed E-state index contributed by atoms with van der Waals surface area (Å²) in [6.07, 6.45) is 2.78. The lowest BCUT2D eigenvalue weighted by molar-refractivity contribution is -0.144. The van der Waals surface area contributed by atoms with Crippen LogP contribution in [0.4, 0.5) is 0 Å². The largest absolute Gasteiger partial charge is 0.357 e. The fourth-order valence-corrected chi connectivity index (χ4v) is 2.31. The highest BCUT2D eigenvalue weighted by atomic mass is 16.2. The minimum atomic E-state index is -0.277. The molecule has 0 aromatic carbocycles. The zero-order valence-electron chi connectivity index (χ0n) is 11.0. The van der Waals surface area contributed by atoms with Crippen LogP contribution in [-0.2, 0) is 9.59 Å². The molecule has 1 aliphatic rings. The number of hydrogen-bond donors (Lipinski definition) is 2. The molecule has 2 amide bonds. The summed E-state index contributed by atoms with van der Waals surface area (Å²) in [6, 6.07) is -0.277. The SMILES string of the molecule is CNCC(C)C(=O)N1CCCCC1C(=O)NC. The number of nitrogens with one attached hydrogen (secondary N) is 2. The summed E-state index contributed by atoms with van der Waals surface area (Å²) in [5.74, 6) is -0.0485. The number of nitrogens with zero attached hydrogens (tertiary/aromatic N) is 1. The number of amides is 2. The molecule has 2 N–H and O–H groups in total. The third kappa shape index (κ3) is 3.43. The Kier molecular flexibility index (Phi) is 5.41. The van der Waals surface area contributed by atoms with E-state index >= 15 is 0 Å². The molecule has 0 saturated carbocycles. The van der Waals surface area contributed by atoms with Crippen molar-refractivity contribution in [1.82, 2.24) is 15.5 Å². The van der Waals surface area contributed by atoms with Crippen LogP contribution in [0, 0.1) is 5.92 Å². The van der Waals surface area contributed by atoms with Crippen molar-refractivity contribution >= 4 is 11.8 Å². The second kappa shape index (κ2) is 6.59. The van der Waals surface area contributed by atoms with Crippen molar-refractivity contribution < 1.29 is 9.59 Å². The Balaban J connectivity index is 2.70. The predicted octanol–water partition coefficient (Wildman–Crippen LogP) is -0.0310. The summed E-state index contributed by atoms with van der Waals surface area (Å²) in [7, 11) is 3.45. The first-order chi connectivity index (χ1) is 8.11. The number of likely N-dealkylation sites (N-methyl/N-ethyl adjacent to an activating group) is 1. The van der Waals surface area contributed by atoms with Gasteiger partial charge in [-0.3, -0.25) is 9.59 Å². The lowest BCUT2D eigenvalue weighted by Crippen LogP contribution is -2.53. The van der Waals surface area contributed by atoms with Crippen LogP contribution in [-0.4, -0.2) is 49.9 Å². The van der Waals surface area contributed by atoms with Crippen molar-refractivity contribution in [2.75, 3.05) is 27.2 Å². The van der Waals surface area contributed by atoms with Crippen molar-refractivity contribution in [3.63, 3.8) is 0 Å². The number of piperidine rings is 1. The second-order valence-electron chi connectivity index (χ2n) is 4.62. The molecule has 0 aromatic heterocycles. The number of carbonyl (C=O) groups excluding carboxylic acids is 2. The van der Waals surface area contributed by atoms with Gasteiger partial charge in [0.2, 0.25) is 11.8 Å². The summed E-state index contributed by atoms with van der Waals surface area (Å²) >= 11 is 0. The van der Waals surface area contributed by atoms with Crippen molar-refractivity contribution in [2.45, 2.75) is 32.2 Å². The average Bonchev–Trinajstić information content (AvgIpc) is 2.37. The number of hydrogen-bond acceptors (Lipinski definition) is 3. The Morgan fingerprint density at radius 1 is 1.35 bits per heavy atom. The third-order valence-corrected chi connectivity index (χ3v) is 3.27. The van der Waals surface area contributed by atoms with E-state index < -0.39 is 0 Å². The highest BCUT2D eigenvalue weighted by Gasteiger charge is 2.33. The van der Waals surface area contributed by atoms with E-state index in [9.17, 15) is 9.59 Å². The first kappa shape index (κ1) is 14.0. The highest BCUT2D eigenvalue weighted by Crippen LogP contribution is 2.19. The van der Waals surface area contributed by atoms with Gasteiger partial charge in [-0.25, -0.2) is 0 Å². The number of rotatable bonds is 4. The van der Waals surface area contributed by atoms with Crippen molar-refractivity contribution in [2.24, 2.45) is 5.92 Å². The fourth-order valence-electron chi connectivity index (χ4n) is 2.31. The molecule has 0 aliphatic carbocycles. The van der Waals surface area contributed by atoms with Crippen LogP contribution in [0.25, 0.3) is 0 Å². The van der Waals surface area contributed by atoms with E-state index in [4.69, 9.17) is 0 Å². The van der Waals surface area contributed by atoms with E-state index in [1.165, 1.54) is 0 Å². The molecule has 2 unspecified atom stereocenters. The van der Waals surface area contributed by atoms with Crippen LogP contribution < -0.4 is 10.6 Å². The predicted molar refractivity (Wildman–Crippen MR) is 66.5 cm³/mol. The molecule has 1 saturated heterocycles. The molecule has 0 bridgehead atoms. The summed E-state index contributed by atoms with van der Waals surface area (Å²) in [5, 5.41) is 5.64. The minimum Gasteiger partial charge on any atom is -0.357 e. The molecular weight excluding hydrogens is 218 g/mol. The van der Waals surface area contributed by atoms with Gasteiger partial charge in [-0.15, -0.1) is 0 Å². The fraction of sp³-hybridized carbons (Fsp3) is 0.833. The molecule has 1 aliphatic heterocycles. The van der Waals surface area contributed by atoms with Gasteiger partial charge in [0.05, 0.1) is 0 Å². The molecule has 0 spiro atoms. The maximum Gasteiger partial charge on any atom is 0.242 e. The van der Waals surface area contributed by atoms with E-state index in [-0.39, 0.29) is 23.8 Å². The summed E-state index contributed by atoms with van der Waals surface area (Å²) in [4.78, 5) is 25.7. The Hall–Kier alpha value is -1.10. The van der Waals surface area contributed by atoms with Crippen LogP contribution in [0.5, 0.6) is 0 Å². The Labute approximate surface area is 103 Å². The van der Waals surface area contributed by atoms with Crippen molar-refractivity contribution in [3.8, 4) is 0 Å². The average molecular weight is 241 g/mol. The standard InChI is InChI=1S/C12H23N3O2/c1-9(8-13-2)12(17)15-7-5-4-6-10(15)11(16)14-3/h9-10,13H,4-8H2,1-3H3,(H,14,16). The maximum atomic E-state index is 12.2. The molecule has 1 rings (SSSR count). The first-order valence-electron chi connectivity index (χ1n) is 6.28. The molecule has 17 heavy (non-hydrogen) atoms. The lowest BCUT2D eigenvalue weighted by Gasteiger charge is -2.36. The van der Waals surface area contributed by atoms with Gasteiger partial charge in [-0.2, -0.15) is 0 Å². The topological polar surface area (TPSA) is 61.4 Å². The van der Waals surface area contributed by atoms with E-state index in [2.05, 4.69) is 10.6 Å². The molecule has 2 atom stereocenters. The van der Waals surface area contributed by atoms with Gasteiger partial charge in [0.25, 0.3) is 0 Å². The summed E-state index contributed by atoms with van der Waals surface area (Å²) in [5.41, 5.74) is 0. The summed E-state index contributed by atoms with van der Waals surface area (Å²) < 4.78 is 0. The van der Waals surface area contributed by atoms with Crippen LogP contribution in [0.1, 0.15) is 26.2 Å². The van der Waals surface area contributed by atoms with Gasteiger partial charge in [-0.05, 0) is 26.3 Å². The zero-order valence-corrected chi connectivity index (χ0v) is 11.0. The smallest absolute Gasteiger partial charge is 0.242 e. The van der Waals surface area contributed by atoms with Crippen LogP contribution >= 0.6 is 0 Å². The van der Waals surface area contributed by atoms with E-state index in [1.54, 1.807) is 11.9 Å². The molecule has 98 valence electrons. The monoisotopic (exact) mass is 241 g/mol. The zero-order chi connectivity index (χ0) is 12.8. The van der Waals surface area contributed by atoms with Gasteiger partial charge in [0.15, 0.2) is 0 Å². The normalized spacial score (nSPS) is 22.1. The molecule has 1 heterocycles.